The van der Waals surface area contributed by atoms with Crippen LogP contribution >= 0.6 is 0 Å². The molecule has 3 atom stereocenters. The summed E-state index contributed by atoms with van der Waals surface area (Å²) in [4.78, 5) is 2.52. The zero-order valence-electron chi connectivity index (χ0n) is 15.6. The molecule has 134 valence electrons. The molecule has 0 aromatic heterocycles. The zero-order valence-corrected chi connectivity index (χ0v) is 15.6. The first-order valence-electron chi connectivity index (χ1n) is 9.80. The van der Waals surface area contributed by atoms with Crippen LogP contribution in [0.2, 0.25) is 0 Å². The second kappa shape index (κ2) is 6.76. The van der Waals surface area contributed by atoms with Gasteiger partial charge in [-0.05, 0) is 48.6 Å². The molecule has 2 nitrogen and oxygen atoms in total. The minimum atomic E-state index is 0.0865. The maximum atomic E-state index is 6.53. The smallest absolute Gasteiger partial charge is 0.154 e. The lowest BCUT2D eigenvalue weighted by molar-refractivity contribution is -0.0594. The van der Waals surface area contributed by atoms with Gasteiger partial charge in [0.25, 0.3) is 0 Å². The molecule has 0 saturated carbocycles. The zero-order chi connectivity index (χ0) is 18.2. The average molecular weight is 353 g/mol. The first-order valence-corrected chi connectivity index (χ1v) is 9.80. The number of piperidine rings is 1. The fourth-order valence-corrected chi connectivity index (χ4v) is 4.69. The predicted octanol–water partition coefficient (Wildman–Crippen LogP) is 5.53. The lowest BCUT2D eigenvalue weighted by atomic mass is 9.86. The highest BCUT2D eigenvalue weighted by Gasteiger charge is 2.43. The van der Waals surface area contributed by atoms with Gasteiger partial charge in [0.15, 0.2) is 6.23 Å². The summed E-state index contributed by atoms with van der Waals surface area (Å²) in [7, 11) is 0. The fourth-order valence-electron chi connectivity index (χ4n) is 4.69. The Kier molecular flexibility index (Phi) is 4.11. The molecule has 0 aliphatic carbocycles. The second-order valence-electron chi connectivity index (χ2n) is 7.37. The van der Waals surface area contributed by atoms with Gasteiger partial charge >= 0.3 is 0 Å². The van der Waals surface area contributed by atoms with Gasteiger partial charge in [-0.15, -0.1) is 5.92 Å². The first-order chi connectivity index (χ1) is 13.4. The van der Waals surface area contributed by atoms with Crippen LogP contribution in [0.5, 0.6) is 5.75 Å². The number of nitrogens with zero attached hydrogens (tertiary/aromatic N) is 1. The van der Waals surface area contributed by atoms with Gasteiger partial charge < -0.3 is 4.74 Å². The SMILES string of the molecule is CC#C[C@H]1CCC[C@H]2Oc3ccc4ccccc4c3[C@H](c3ccccc3)N12. The van der Waals surface area contributed by atoms with Crippen molar-refractivity contribution in [3.63, 3.8) is 0 Å². The summed E-state index contributed by atoms with van der Waals surface area (Å²) in [5.74, 6) is 7.64. The van der Waals surface area contributed by atoms with E-state index < -0.39 is 0 Å². The largest absolute Gasteiger partial charge is 0.475 e. The van der Waals surface area contributed by atoms with E-state index in [0.29, 0.717) is 0 Å². The Labute approximate surface area is 160 Å². The summed E-state index contributed by atoms with van der Waals surface area (Å²) in [6.45, 7) is 1.94. The van der Waals surface area contributed by atoms with Gasteiger partial charge in [-0.2, -0.15) is 0 Å². The van der Waals surface area contributed by atoms with E-state index in [1.165, 1.54) is 21.9 Å². The lowest BCUT2D eigenvalue weighted by Crippen LogP contribution is -2.53. The van der Waals surface area contributed by atoms with Crippen LogP contribution in [0.15, 0.2) is 66.7 Å². The molecular weight excluding hydrogens is 330 g/mol. The van der Waals surface area contributed by atoms with E-state index in [0.717, 1.165) is 25.0 Å². The van der Waals surface area contributed by atoms with Crippen molar-refractivity contribution in [1.29, 1.82) is 0 Å². The van der Waals surface area contributed by atoms with Gasteiger partial charge in [-0.1, -0.05) is 66.6 Å². The number of hydrogen-bond donors (Lipinski definition) is 0. The van der Waals surface area contributed by atoms with E-state index in [4.69, 9.17) is 4.74 Å². The van der Waals surface area contributed by atoms with Crippen LogP contribution in [0.4, 0.5) is 0 Å². The first kappa shape index (κ1) is 16.4. The number of ether oxygens (including phenoxy) is 1. The number of benzene rings is 3. The summed E-state index contributed by atoms with van der Waals surface area (Å²) in [5.41, 5.74) is 2.59. The van der Waals surface area contributed by atoms with E-state index in [1.54, 1.807) is 0 Å². The third-order valence-electron chi connectivity index (χ3n) is 5.81. The summed E-state index contributed by atoms with van der Waals surface area (Å²) in [6, 6.07) is 24.2. The molecule has 0 N–H and O–H groups in total. The van der Waals surface area contributed by atoms with Crippen molar-refractivity contribution in [2.45, 2.75) is 44.5 Å². The minimum absolute atomic E-state index is 0.0865. The minimum Gasteiger partial charge on any atom is -0.475 e. The van der Waals surface area contributed by atoms with Gasteiger partial charge in [0.1, 0.15) is 5.75 Å². The van der Waals surface area contributed by atoms with Crippen molar-refractivity contribution < 1.29 is 4.74 Å². The lowest BCUT2D eigenvalue weighted by Gasteiger charge is -2.48. The third kappa shape index (κ3) is 2.71. The van der Waals surface area contributed by atoms with Crippen LogP contribution in [-0.4, -0.2) is 17.2 Å². The summed E-state index contributed by atoms with van der Waals surface area (Å²) in [5, 5.41) is 2.53. The Hall–Kier alpha value is -2.76. The molecule has 0 amide bonds. The Morgan fingerprint density at radius 3 is 2.59 bits per heavy atom. The molecule has 0 spiro atoms. The normalized spacial score (nSPS) is 24.3. The average Bonchev–Trinajstić information content (AvgIpc) is 2.73. The molecular formula is C25H23NO. The maximum absolute atomic E-state index is 6.53. The number of rotatable bonds is 1. The standard InChI is InChI=1S/C25H23NO/c1-2-9-20-13-8-15-23-26(20)25(19-11-4-3-5-12-19)24-21-14-7-6-10-18(21)16-17-22(24)27-23/h3-7,10-12,14,16-17,20,23,25H,8,13,15H2,1H3/t20-,23+,25-/m0/s1. The molecule has 2 heterocycles. The predicted molar refractivity (Wildman–Crippen MR) is 110 cm³/mol. The summed E-state index contributed by atoms with van der Waals surface area (Å²) < 4.78 is 6.53. The molecule has 3 aromatic carbocycles. The Bertz CT molecular complexity index is 1030. The monoisotopic (exact) mass is 353 g/mol. The summed E-state index contributed by atoms with van der Waals surface area (Å²) >= 11 is 0. The Morgan fingerprint density at radius 1 is 0.926 bits per heavy atom. The van der Waals surface area contributed by atoms with Crippen molar-refractivity contribution in [3.8, 4) is 17.6 Å². The molecule has 2 aliphatic rings. The van der Waals surface area contributed by atoms with Crippen LogP contribution in [0.3, 0.4) is 0 Å². The molecule has 2 heteroatoms. The Balaban J connectivity index is 1.78. The van der Waals surface area contributed by atoms with Crippen molar-refractivity contribution in [3.05, 3.63) is 77.9 Å². The highest BCUT2D eigenvalue weighted by molar-refractivity contribution is 5.89. The molecule has 0 radical (unpaired) electrons. The topological polar surface area (TPSA) is 12.5 Å². The van der Waals surface area contributed by atoms with E-state index in [1.807, 2.05) is 6.92 Å². The quantitative estimate of drug-likeness (QED) is 0.534. The molecule has 27 heavy (non-hydrogen) atoms. The van der Waals surface area contributed by atoms with Crippen molar-refractivity contribution in [2.75, 3.05) is 0 Å². The van der Waals surface area contributed by atoms with Gasteiger partial charge in [-0.3, -0.25) is 0 Å². The molecule has 3 aromatic rings. The van der Waals surface area contributed by atoms with Crippen molar-refractivity contribution in [2.24, 2.45) is 0 Å². The van der Waals surface area contributed by atoms with E-state index in [2.05, 4.69) is 83.5 Å². The summed E-state index contributed by atoms with van der Waals surface area (Å²) in [6.07, 6.45) is 3.40. The van der Waals surface area contributed by atoms with Gasteiger partial charge in [0.05, 0.1) is 12.1 Å². The van der Waals surface area contributed by atoms with Crippen LogP contribution in [0.1, 0.15) is 43.4 Å². The molecule has 5 rings (SSSR count). The van der Waals surface area contributed by atoms with E-state index in [-0.39, 0.29) is 18.3 Å². The van der Waals surface area contributed by atoms with Crippen LogP contribution in [-0.2, 0) is 0 Å². The van der Waals surface area contributed by atoms with Crippen LogP contribution in [0, 0.1) is 11.8 Å². The highest BCUT2D eigenvalue weighted by atomic mass is 16.5. The van der Waals surface area contributed by atoms with Crippen molar-refractivity contribution in [1.82, 2.24) is 4.90 Å². The van der Waals surface area contributed by atoms with E-state index >= 15 is 0 Å². The molecule has 0 bridgehead atoms. The molecule has 0 unspecified atom stereocenters. The van der Waals surface area contributed by atoms with E-state index in [9.17, 15) is 0 Å². The number of hydrogen-bond acceptors (Lipinski definition) is 2. The maximum Gasteiger partial charge on any atom is 0.154 e. The number of fused-ring (bicyclic) bond motifs is 4. The van der Waals surface area contributed by atoms with Gasteiger partial charge in [0, 0.05) is 5.56 Å². The van der Waals surface area contributed by atoms with Crippen molar-refractivity contribution >= 4 is 10.8 Å². The molecule has 2 aliphatic heterocycles. The van der Waals surface area contributed by atoms with Gasteiger partial charge in [-0.25, -0.2) is 4.90 Å². The molecule has 1 fully saturated rings. The van der Waals surface area contributed by atoms with Crippen LogP contribution < -0.4 is 4.74 Å². The third-order valence-corrected chi connectivity index (χ3v) is 5.81. The van der Waals surface area contributed by atoms with Gasteiger partial charge in [0.2, 0.25) is 0 Å². The second-order valence-corrected chi connectivity index (χ2v) is 7.37. The fraction of sp³-hybridized carbons (Fsp3) is 0.280. The highest BCUT2D eigenvalue weighted by Crippen LogP contribution is 2.47. The van der Waals surface area contributed by atoms with Crippen LogP contribution in [0.25, 0.3) is 10.8 Å². The molecule has 1 saturated heterocycles. The Morgan fingerprint density at radius 2 is 1.74 bits per heavy atom.